The van der Waals surface area contributed by atoms with Crippen LogP contribution in [0.25, 0.3) is 0 Å². The maximum atomic E-state index is 13.6. The molecule has 1 fully saturated rings. The van der Waals surface area contributed by atoms with E-state index in [0.29, 0.717) is 0 Å². The Morgan fingerprint density at radius 2 is 2.00 bits per heavy atom. The fourth-order valence-electron chi connectivity index (χ4n) is 2.10. The van der Waals surface area contributed by atoms with E-state index < -0.39 is 24.2 Å². The van der Waals surface area contributed by atoms with Gasteiger partial charge in [-0.05, 0) is 5.56 Å². The van der Waals surface area contributed by atoms with Crippen molar-refractivity contribution in [3.63, 3.8) is 0 Å². The van der Waals surface area contributed by atoms with Gasteiger partial charge in [0.25, 0.3) is 0 Å². The summed E-state index contributed by atoms with van der Waals surface area (Å²) in [6.45, 7) is -0.0368. The number of hydrogen-bond acceptors (Lipinski definition) is 4. The van der Waals surface area contributed by atoms with Crippen molar-refractivity contribution < 1.29 is 23.5 Å². The van der Waals surface area contributed by atoms with Crippen LogP contribution in [-0.2, 0) is 20.9 Å². The van der Waals surface area contributed by atoms with Gasteiger partial charge in [-0.15, -0.1) is 0 Å². The zero-order chi connectivity index (χ0) is 14.5. The van der Waals surface area contributed by atoms with Crippen LogP contribution in [0.3, 0.4) is 0 Å². The van der Waals surface area contributed by atoms with E-state index in [9.17, 15) is 14.0 Å². The molecule has 2 rings (SSSR count). The van der Waals surface area contributed by atoms with E-state index in [4.69, 9.17) is 4.74 Å². The summed E-state index contributed by atoms with van der Waals surface area (Å²) in [5, 5.41) is 0. The topological polar surface area (TPSA) is 55.8 Å². The number of hydrogen-bond donors (Lipinski definition) is 0. The minimum Gasteiger partial charge on any atom is -0.469 e. The molecule has 1 aromatic rings. The molecule has 0 N–H and O–H groups in total. The van der Waals surface area contributed by atoms with Gasteiger partial charge in [0.2, 0.25) is 0 Å². The highest BCUT2D eigenvalue weighted by molar-refractivity contribution is 5.76. The van der Waals surface area contributed by atoms with Crippen LogP contribution in [0.5, 0.6) is 0 Å². The minimum absolute atomic E-state index is 0.0124. The lowest BCUT2D eigenvalue weighted by Gasteiger charge is -2.15. The number of rotatable bonds is 3. The van der Waals surface area contributed by atoms with Crippen molar-refractivity contribution in [2.24, 2.45) is 5.92 Å². The predicted octanol–water partition coefficient (Wildman–Crippen LogP) is 1.77. The molecule has 5 nitrogen and oxygen atoms in total. The van der Waals surface area contributed by atoms with E-state index in [2.05, 4.69) is 4.74 Å². The van der Waals surface area contributed by atoms with Crippen LogP contribution in [-0.4, -0.2) is 43.3 Å². The Labute approximate surface area is 116 Å². The van der Waals surface area contributed by atoms with Crippen LogP contribution in [0.2, 0.25) is 0 Å². The number of halogens is 1. The van der Waals surface area contributed by atoms with Gasteiger partial charge < -0.3 is 14.4 Å². The van der Waals surface area contributed by atoms with Crippen molar-refractivity contribution >= 4 is 12.1 Å². The zero-order valence-corrected chi connectivity index (χ0v) is 11.1. The first kappa shape index (κ1) is 14.3. The molecule has 2 atom stereocenters. The monoisotopic (exact) mass is 281 g/mol. The van der Waals surface area contributed by atoms with Gasteiger partial charge in [-0.3, -0.25) is 4.79 Å². The second-order valence-corrected chi connectivity index (χ2v) is 4.59. The molecule has 0 saturated carbocycles. The van der Waals surface area contributed by atoms with Crippen molar-refractivity contribution in [3.8, 4) is 0 Å². The van der Waals surface area contributed by atoms with Crippen LogP contribution in [0.4, 0.5) is 9.18 Å². The first-order valence-electron chi connectivity index (χ1n) is 6.29. The van der Waals surface area contributed by atoms with Gasteiger partial charge in [0.05, 0.1) is 13.7 Å². The highest BCUT2D eigenvalue weighted by Gasteiger charge is 2.41. The Balaban J connectivity index is 1.86. The SMILES string of the molecule is COC(=O)C1CN(C(=O)OCc2ccccc2)CC1F. The number of likely N-dealkylation sites (tertiary alicyclic amines) is 1. The molecule has 1 saturated heterocycles. The largest absolute Gasteiger partial charge is 0.469 e. The number of nitrogens with zero attached hydrogens (tertiary/aromatic N) is 1. The van der Waals surface area contributed by atoms with Crippen LogP contribution in [0, 0.1) is 5.92 Å². The summed E-state index contributed by atoms with van der Waals surface area (Å²) in [5.41, 5.74) is 0.848. The third-order valence-corrected chi connectivity index (χ3v) is 3.22. The first-order valence-corrected chi connectivity index (χ1v) is 6.29. The molecule has 108 valence electrons. The van der Waals surface area contributed by atoms with E-state index in [1.165, 1.54) is 12.0 Å². The molecule has 1 aliphatic heterocycles. The Kier molecular flexibility index (Phi) is 4.55. The third-order valence-electron chi connectivity index (χ3n) is 3.22. The van der Waals surface area contributed by atoms with E-state index in [1.807, 2.05) is 30.3 Å². The number of benzene rings is 1. The molecular formula is C14H16FNO4. The molecule has 1 heterocycles. The first-order chi connectivity index (χ1) is 9.61. The van der Waals surface area contributed by atoms with Crippen molar-refractivity contribution in [3.05, 3.63) is 35.9 Å². The summed E-state index contributed by atoms with van der Waals surface area (Å²) < 4.78 is 23.2. The van der Waals surface area contributed by atoms with Gasteiger partial charge in [-0.1, -0.05) is 30.3 Å². The molecule has 1 amide bonds. The lowest BCUT2D eigenvalue weighted by Crippen LogP contribution is -2.30. The smallest absolute Gasteiger partial charge is 0.410 e. The van der Waals surface area contributed by atoms with Crippen molar-refractivity contribution in [2.45, 2.75) is 12.8 Å². The summed E-state index contributed by atoms with van der Waals surface area (Å²) in [6, 6.07) is 9.19. The second kappa shape index (κ2) is 6.36. The van der Waals surface area contributed by atoms with E-state index in [1.54, 1.807) is 0 Å². The Hall–Kier alpha value is -2.11. The quantitative estimate of drug-likeness (QED) is 0.792. The fourth-order valence-corrected chi connectivity index (χ4v) is 2.10. The van der Waals surface area contributed by atoms with Gasteiger partial charge >= 0.3 is 12.1 Å². The minimum atomic E-state index is -1.41. The molecule has 1 aromatic carbocycles. The van der Waals surface area contributed by atoms with Gasteiger partial charge in [-0.25, -0.2) is 9.18 Å². The maximum absolute atomic E-state index is 13.6. The van der Waals surface area contributed by atoms with Gasteiger partial charge in [-0.2, -0.15) is 0 Å². The molecule has 0 spiro atoms. The molecule has 0 aliphatic carbocycles. The molecule has 0 bridgehead atoms. The Bertz CT molecular complexity index is 479. The lowest BCUT2D eigenvalue weighted by molar-refractivity contribution is -0.146. The fraction of sp³-hybridized carbons (Fsp3) is 0.429. The van der Waals surface area contributed by atoms with Crippen LogP contribution in [0.15, 0.2) is 30.3 Å². The molecule has 20 heavy (non-hydrogen) atoms. The van der Waals surface area contributed by atoms with Crippen LogP contribution in [0.1, 0.15) is 5.56 Å². The average Bonchev–Trinajstić information content (AvgIpc) is 2.87. The molecule has 6 heteroatoms. The number of ether oxygens (including phenoxy) is 2. The molecule has 0 aromatic heterocycles. The van der Waals surface area contributed by atoms with Gasteiger partial charge in [0.15, 0.2) is 0 Å². The highest BCUT2D eigenvalue weighted by Crippen LogP contribution is 2.22. The predicted molar refractivity (Wildman–Crippen MR) is 68.6 cm³/mol. The molecule has 2 unspecified atom stereocenters. The van der Waals surface area contributed by atoms with Gasteiger partial charge in [0.1, 0.15) is 18.7 Å². The number of alkyl halides is 1. The van der Waals surface area contributed by atoms with Crippen molar-refractivity contribution in [1.29, 1.82) is 0 Å². The number of carbonyl (C=O) groups excluding carboxylic acids is 2. The number of amides is 1. The zero-order valence-electron chi connectivity index (χ0n) is 11.1. The summed E-state index contributed by atoms with van der Waals surface area (Å²) in [6.07, 6.45) is -2.03. The normalized spacial score (nSPS) is 21.6. The number of carbonyl (C=O) groups is 2. The standard InChI is InChI=1S/C14H16FNO4/c1-19-13(17)11-7-16(8-12(11)15)14(18)20-9-10-5-3-2-4-6-10/h2-6,11-12H,7-9H2,1H3. The second-order valence-electron chi connectivity index (χ2n) is 4.59. The maximum Gasteiger partial charge on any atom is 0.410 e. The summed E-state index contributed by atoms with van der Waals surface area (Å²) in [7, 11) is 1.20. The van der Waals surface area contributed by atoms with Crippen molar-refractivity contribution in [1.82, 2.24) is 4.90 Å². The Morgan fingerprint density at radius 1 is 1.30 bits per heavy atom. The summed E-state index contributed by atoms with van der Waals surface area (Å²) >= 11 is 0. The molecule has 0 radical (unpaired) electrons. The van der Waals surface area contributed by atoms with E-state index in [-0.39, 0.29) is 19.7 Å². The third kappa shape index (κ3) is 3.26. The average molecular weight is 281 g/mol. The van der Waals surface area contributed by atoms with E-state index in [0.717, 1.165) is 5.56 Å². The number of esters is 1. The number of methoxy groups -OCH3 is 1. The van der Waals surface area contributed by atoms with E-state index >= 15 is 0 Å². The lowest BCUT2D eigenvalue weighted by atomic mass is 10.1. The Morgan fingerprint density at radius 3 is 2.65 bits per heavy atom. The highest BCUT2D eigenvalue weighted by atomic mass is 19.1. The summed E-state index contributed by atoms with van der Waals surface area (Å²) in [5.74, 6) is -1.57. The molecular weight excluding hydrogens is 265 g/mol. The van der Waals surface area contributed by atoms with Crippen LogP contribution >= 0.6 is 0 Å². The van der Waals surface area contributed by atoms with Gasteiger partial charge in [0, 0.05) is 6.54 Å². The molecule has 1 aliphatic rings. The van der Waals surface area contributed by atoms with Crippen LogP contribution < -0.4 is 0 Å². The summed E-state index contributed by atoms with van der Waals surface area (Å²) in [4.78, 5) is 24.3. The van der Waals surface area contributed by atoms with Crippen molar-refractivity contribution in [2.75, 3.05) is 20.2 Å².